The second-order valence-electron chi connectivity index (χ2n) is 3.88. The highest BCUT2D eigenvalue weighted by atomic mass is 16.6. The SMILES string of the molecule is COc1c(O)c(C)c(O)c2c1OC(O)C(O)C2=O. The van der Waals surface area contributed by atoms with Crippen molar-refractivity contribution in [2.24, 2.45) is 0 Å². The van der Waals surface area contributed by atoms with Gasteiger partial charge >= 0.3 is 0 Å². The Balaban J connectivity index is 2.78. The van der Waals surface area contributed by atoms with Gasteiger partial charge in [0.1, 0.15) is 11.3 Å². The highest BCUT2D eigenvalue weighted by Crippen LogP contribution is 2.49. The zero-order chi connectivity index (χ0) is 13.6. The lowest BCUT2D eigenvalue weighted by molar-refractivity contribution is -0.0953. The van der Waals surface area contributed by atoms with Gasteiger partial charge in [0, 0.05) is 5.56 Å². The highest BCUT2D eigenvalue weighted by Gasteiger charge is 2.40. The first kappa shape index (κ1) is 12.5. The summed E-state index contributed by atoms with van der Waals surface area (Å²) in [6, 6.07) is 0. The molecule has 2 atom stereocenters. The number of ether oxygens (including phenoxy) is 2. The van der Waals surface area contributed by atoms with Crippen LogP contribution in [-0.2, 0) is 0 Å². The van der Waals surface area contributed by atoms with Crippen LogP contribution in [0, 0.1) is 6.92 Å². The van der Waals surface area contributed by atoms with E-state index in [4.69, 9.17) is 9.47 Å². The number of phenolic OH excluding ortho intramolecular Hbond substituents is 2. The van der Waals surface area contributed by atoms with Gasteiger partial charge in [-0.3, -0.25) is 4.79 Å². The van der Waals surface area contributed by atoms with Gasteiger partial charge in [-0.1, -0.05) is 0 Å². The van der Waals surface area contributed by atoms with Crippen LogP contribution < -0.4 is 9.47 Å². The van der Waals surface area contributed by atoms with Crippen molar-refractivity contribution in [3.63, 3.8) is 0 Å². The predicted molar refractivity (Wildman–Crippen MR) is 58.0 cm³/mol. The largest absolute Gasteiger partial charge is 0.507 e. The Morgan fingerprint density at radius 3 is 2.39 bits per heavy atom. The summed E-state index contributed by atoms with van der Waals surface area (Å²) in [7, 11) is 1.23. The number of carbonyl (C=O) groups excluding carboxylic acids is 1. The van der Waals surface area contributed by atoms with Gasteiger partial charge < -0.3 is 29.9 Å². The molecule has 0 saturated heterocycles. The Kier molecular flexibility index (Phi) is 2.80. The Morgan fingerprint density at radius 1 is 1.22 bits per heavy atom. The minimum Gasteiger partial charge on any atom is -0.507 e. The normalized spacial score (nSPS) is 22.3. The van der Waals surface area contributed by atoms with Gasteiger partial charge in [-0.05, 0) is 6.92 Å². The monoisotopic (exact) mass is 256 g/mol. The number of hydrogen-bond donors (Lipinski definition) is 4. The van der Waals surface area contributed by atoms with E-state index in [0.29, 0.717) is 0 Å². The van der Waals surface area contributed by atoms with Gasteiger partial charge in [0.2, 0.25) is 17.8 Å². The summed E-state index contributed by atoms with van der Waals surface area (Å²) >= 11 is 0. The van der Waals surface area contributed by atoms with Gasteiger partial charge in [0.25, 0.3) is 0 Å². The maximum absolute atomic E-state index is 11.8. The van der Waals surface area contributed by atoms with E-state index in [0.717, 1.165) is 0 Å². The van der Waals surface area contributed by atoms with E-state index in [1.54, 1.807) is 0 Å². The minimum atomic E-state index is -1.79. The molecule has 0 radical (unpaired) electrons. The molecule has 1 heterocycles. The number of phenols is 2. The van der Waals surface area contributed by atoms with Crippen molar-refractivity contribution in [2.45, 2.75) is 19.3 Å². The van der Waals surface area contributed by atoms with E-state index < -0.39 is 29.7 Å². The summed E-state index contributed by atoms with van der Waals surface area (Å²) in [5.74, 6) is -2.28. The lowest BCUT2D eigenvalue weighted by Crippen LogP contribution is -2.42. The molecule has 7 heteroatoms. The van der Waals surface area contributed by atoms with Gasteiger partial charge in [-0.2, -0.15) is 0 Å². The van der Waals surface area contributed by atoms with Crippen LogP contribution in [0.1, 0.15) is 15.9 Å². The Bertz CT molecular complexity index is 523. The van der Waals surface area contributed by atoms with E-state index in [2.05, 4.69) is 0 Å². The molecule has 0 aliphatic carbocycles. The molecule has 2 rings (SSSR count). The van der Waals surface area contributed by atoms with Crippen molar-refractivity contribution < 1.29 is 34.7 Å². The number of ketones is 1. The maximum atomic E-state index is 11.8. The molecule has 0 amide bonds. The number of carbonyl (C=O) groups is 1. The summed E-state index contributed by atoms with van der Waals surface area (Å²) in [5.41, 5.74) is -0.300. The average molecular weight is 256 g/mol. The molecular formula is C11H12O7. The summed E-state index contributed by atoms with van der Waals surface area (Å²) in [5, 5.41) is 38.3. The molecule has 2 unspecified atom stereocenters. The first-order valence-electron chi connectivity index (χ1n) is 5.09. The third-order valence-electron chi connectivity index (χ3n) is 2.82. The average Bonchev–Trinajstić information content (AvgIpc) is 2.34. The number of methoxy groups -OCH3 is 1. The second kappa shape index (κ2) is 4.04. The van der Waals surface area contributed by atoms with E-state index in [1.165, 1.54) is 14.0 Å². The zero-order valence-electron chi connectivity index (χ0n) is 9.67. The second-order valence-corrected chi connectivity index (χ2v) is 3.88. The minimum absolute atomic E-state index is 0.0196. The van der Waals surface area contributed by atoms with Crippen molar-refractivity contribution >= 4 is 5.78 Å². The van der Waals surface area contributed by atoms with Crippen LogP contribution >= 0.6 is 0 Å². The van der Waals surface area contributed by atoms with Crippen LogP contribution in [-0.4, -0.2) is 45.7 Å². The van der Waals surface area contributed by atoms with Crippen molar-refractivity contribution in [3.05, 3.63) is 11.1 Å². The van der Waals surface area contributed by atoms with Crippen LogP contribution in [0.5, 0.6) is 23.0 Å². The van der Waals surface area contributed by atoms with Crippen molar-refractivity contribution in [1.82, 2.24) is 0 Å². The molecule has 0 spiro atoms. The lowest BCUT2D eigenvalue weighted by atomic mass is 9.97. The molecule has 0 saturated carbocycles. The van der Waals surface area contributed by atoms with E-state index >= 15 is 0 Å². The fourth-order valence-corrected chi connectivity index (χ4v) is 1.79. The van der Waals surface area contributed by atoms with Crippen LogP contribution in [0.3, 0.4) is 0 Å². The fraction of sp³-hybridized carbons (Fsp3) is 0.364. The van der Waals surface area contributed by atoms with Gasteiger partial charge in [0.15, 0.2) is 17.6 Å². The van der Waals surface area contributed by atoms with E-state index in [9.17, 15) is 25.2 Å². The molecular weight excluding hydrogens is 244 g/mol. The molecule has 1 aromatic rings. The number of hydrogen-bond acceptors (Lipinski definition) is 7. The molecule has 1 aliphatic heterocycles. The third kappa shape index (κ3) is 1.48. The van der Waals surface area contributed by atoms with Gasteiger partial charge in [0.05, 0.1) is 7.11 Å². The third-order valence-corrected chi connectivity index (χ3v) is 2.82. The number of fused-ring (bicyclic) bond motifs is 1. The first-order valence-corrected chi connectivity index (χ1v) is 5.09. The molecule has 98 valence electrons. The quantitative estimate of drug-likeness (QED) is 0.543. The van der Waals surface area contributed by atoms with Gasteiger partial charge in [-0.15, -0.1) is 0 Å². The summed E-state index contributed by atoms with van der Waals surface area (Å²) in [6.07, 6.45) is -3.57. The number of aromatic hydroxyl groups is 2. The Hall–Kier alpha value is -1.99. The standard InChI is InChI=1S/C11H12O7/c1-3-5(12)4-7(14)8(15)11(16)18-9(4)10(17-2)6(3)13/h8,11-13,15-16H,1-2H3. The van der Waals surface area contributed by atoms with Crippen LogP contribution in [0.4, 0.5) is 0 Å². The van der Waals surface area contributed by atoms with Crippen LogP contribution in [0.25, 0.3) is 0 Å². The molecule has 1 aliphatic rings. The predicted octanol–water partition coefficient (Wildman–Crippen LogP) is -0.331. The van der Waals surface area contributed by atoms with Crippen molar-refractivity contribution in [1.29, 1.82) is 0 Å². The summed E-state index contributed by atoms with van der Waals surface area (Å²) in [6.45, 7) is 1.37. The molecule has 4 N–H and O–H groups in total. The van der Waals surface area contributed by atoms with E-state index in [1.807, 2.05) is 0 Å². The topological polar surface area (TPSA) is 116 Å². The molecule has 0 fully saturated rings. The zero-order valence-corrected chi connectivity index (χ0v) is 9.67. The summed E-state index contributed by atoms with van der Waals surface area (Å²) < 4.78 is 9.77. The smallest absolute Gasteiger partial charge is 0.231 e. The molecule has 7 nitrogen and oxygen atoms in total. The maximum Gasteiger partial charge on any atom is 0.231 e. The van der Waals surface area contributed by atoms with Crippen molar-refractivity contribution in [3.8, 4) is 23.0 Å². The van der Waals surface area contributed by atoms with Crippen molar-refractivity contribution in [2.75, 3.05) is 7.11 Å². The molecule has 18 heavy (non-hydrogen) atoms. The fourth-order valence-electron chi connectivity index (χ4n) is 1.79. The highest BCUT2D eigenvalue weighted by molar-refractivity contribution is 6.06. The van der Waals surface area contributed by atoms with Crippen LogP contribution in [0.2, 0.25) is 0 Å². The number of rotatable bonds is 1. The number of aliphatic hydroxyl groups excluding tert-OH is 2. The lowest BCUT2D eigenvalue weighted by Gasteiger charge is -2.28. The van der Waals surface area contributed by atoms with Crippen LogP contribution in [0.15, 0.2) is 0 Å². The summed E-state index contributed by atoms with van der Waals surface area (Å²) in [4.78, 5) is 11.8. The number of aliphatic hydroxyl groups is 2. The first-order chi connectivity index (χ1) is 8.40. The molecule has 0 aromatic heterocycles. The molecule has 0 bridgehead atoms. The number of benzene rings is 1. The Labute approximate surface area is 102 Å². The molecule has 1 aromatic carbocycles. The van der Waals surface area contributed by atoms with Gasteiger partial charge in [-0.25, -0.2) is 0 Å². The Morgan fingerprint density at radius 2 is 1.83 bits per heavy atom. The number of Topliss-reactive ketones (excluding diaryl/α,β-unsaturated/α-hetero) is 1. The van der Waals surface area contributed by atoms with E-state index in [-0.39, 0.29) is 22.6 Å².